The van der Waals surface area contributed by atoms with Crippen LogP contribution in [0.15, 0.2) is 48.7 Å². The molecule has 0 aliphatic carbocycles. The van der Waals surface area contributed by atoms with Crippen molar-refractivity contribution in [3.05, 3.63) is 54.4 Å². The van der Waals surface area contributed by atoms with Gasteiger partial charge in [0.1, 0.15) is 5.75 Å². The molecule has 0 aliphatic rings. The average Bonchev–Trinajstić information content (AvgIpc) is 2.48. The van der Waals surface area contributed by atoms with Crippen LogP contribution in [0.1, 0.15) is 5.69 Å². The maximum Gasteiger partial charge on any atom is 0.257 e. The number of benzene rings is 1. The first-order valence-corrected chi connectivity index (χ1v) is 6.39. The van der Waals surface area contributed by atoms with Crippen LogP contribution in [0.3, 0.4) is 0 Å². The van der Waals surface area contributed by atoms with Gasteiger partial charge in [0.25, 0.3) is 5.91 Å². The van der Waals surface area contributed by atoms with Crippen LogP contribution < -0.4 is 15.8 Å². The van der Waals surface area contributed by atoms with Gasteiger partial charge in [-0.1, -0.05) is 6.07 Å². The van der Waals surface area contributed by atoms with Gasteiger partial charge in [0.15, 0.2) is 6.61 Å². The maximum atomic E-state index is 11.6. The van der Waals surface area contributed by atoms with Crippen molar-refractivity contribution in [2.45, 2.75) is 6.42 Å². The van der Waals surface area contributed by atoms with Crippen molar-refractivity contribution in [2.24, 2.45) is 0 Å². The van der Waals surface area contributed by atoms with E-state index >= 15 is 0 Å². The Balaban J connectivity index is 1.67. The molecule has 0 unspecified atom stereocenters. The van der Waals surface area contributed by atoms with Crippen molar-refractivity contribution < 1.29 is 9.53 Å². The molecule has 20 heavy (non-hydrogen) atoms. The Morgan fingerprint density at radius 3 is 2.70 bits per heavy atom. The number of ether oxygens (including phenoxy) is 1. The Labute approximate surface area is 117 Å². The lowest BCUT2D eigenvalue weighted by molar-refractivity contribution is -0.123. The van der Waals surface area contributed by atoms with Crippen LogP contribution in [-0.2, 0) is 11.2 Å². The second-order valence-corrected chi connectivity index (χ2v) is 4.28. The minimum atomic E-state index is -0.155. The molecule has 1 heterocycles. The first-order chi connectivity index (χ1) is 9.74. The minimum absolute atomic E-state index is 0.00780. The minimum Gasteiger partial charge on any atom is -0.484 e. The lowest BCUT2D eigenvalue weighted by Crippen LogP contribution is -2.30. The van der Waals surface area contributed by atoms with E-state index in [2.05, 4.69) is 10.3 Å². The van der Waals surface area contributed by atoms with Crippen LogP contribution in [0.5, 0.6) is 5.75 Å². The van der Waals surface area contributed by atoms with E-state index in [1.165, 1.54) is 0 Å². The molecule has 1 aromatic carbocycles. The molecule has 0 saturated heterocycles. The van der Waals surface area contributed by atoms with Gasteiger partial charge < -0.3 is 15.8 Å². The summed E-state index contributed by atoms with van der Waals surface area (Å²) in [6.45, 7) is 0.535. The van der Waals surface area contributed by atoms with E-state index in [1.54, 1.807) is 30.5 Å². The molecule has 0 fully saturated rings. The molecule has 3 N–H and O–H groups in total. The third kappa shape index (κ3) is 4.61. The molecule has 2 rings (SSSR count). The number of hydrogen-bond acceptors (Lipinski definition) is 4. The van der Waals surface area contributed by atoms with Gasteiger partial charge in [0, 0.05) is 30.5 Å². The Morgan fingerprint density at radius 2 is 2.00 bits per heavy atom. The summed E-state index contributed by atoms with van der Waals surface area (Å²) >= 11 is 0. The first kappa shape index (κ1) is 13.9. The highest BCUT2D eigenvalue weighted by atomic mass is 16.5. The highest BCUT2D eigenvalue weighted by molar-refractivity contribution is 5.77. The zero-order valence-electron chi connectivity index (χ0n) is 11.1. The van der Waals surface area contributed by atoms with Crippen LogP contribution in [0.25, 0.3) is 0 Å². The van der Waals surface area contributed by atoms with Gasteiger partial charge in [-0.2, -0.15) is 0 Å². The van der Waals surface area contributed by atoms with E-state index in [9.17, 15) is 4.79 Å². The first-order valence-electron chi connectivity index (χ1n) is 6.39. The topological polar surface area (TPSA) is 77.2 Å². The number of nitrogen functional groups attached to an aromatic ring is 1. The number of hydrogen-bond donors (Lipinski definition) is 2. The van der Waals surface area contributed by atoms with Crippen LogP contribution in [0.4, 0.5) is 5.69 Å². The third-order valence-corrected chi connectivity index (χ3v) is 2.68. The van der Waals surface area contributed by atoms with E-state index < -0.39 is 0 Å². The highest BCUT2D eigenvalue weighted by Crippen LogP contribution is 2.12. The van der Waals surface area contributed by atoms with E-state index in [4.69, 9.17) is 10.5 Å². The Kier molecular flexibility index (Phi) is 4.94. The summed E-state index contributed by atoms with van der Waals surface area (Å²) in [7, 11) is 0. The second-order valence-electron chi connectivity index (χ2n) is 4.28. The number of nitrogens with one attached hydrogen (secondary N) is 1. The van der Waals surface area contributed by atoms with Gasteiger partial charge in [-0.15, -0.1) is 0 Å². The van der Waals surface area contributed by atoms with E-state index in [1.807, 2.05) is 18.2 Å². The Hall–Kier alpha value is -2.56. The summed E-state index contributed by atoms with van der Waals surface area (Å²) in [5.41, 5.74) is 7.18. The fourth-order valence-corrected chi connectivity index (χ4v) is 1.64. The summed E-state index contributed by atoms with van der Waals surface area (Å²) in [5, 5.41) is 2.78. The number of carbonyl (C=O) groups excluding carboxylic acids is 1. The zero-order valence-corrected chi connectivity index (χ0v) is 11.1. The van der Waals surface area contributed by atoms with Crippen molar-refractivity contribution in [3.63, 3.8) is 0 Å². The third-order valence-electron chi connectivity index (χ3n) is 2.68. The second kappa shape index (κ2) is 7.13. The molecule has 1 amide bonds. The smallest absolute Gasteiger partial charge is 0.257 e. The number of nitrogens with zero attached hydrogens (tertiary/aromatic N) is 1. The summed E-state index contributed by atoms with van der Waals surface area (Å²) in [6.07, 6.45) is 2.44. The molecule has 0 radical (unpaired) electrons. The molecule has 1 aromatic heterocycles. The SMILES string of the molecule is Nc1ccc(OCC(=O)NCCc2ccccn2)cc1. The Morgan fingerprint density at radius 1 is 1.20 bits per heavy atom. The fourth-order valence-electron chi connectivity index (χ4n) is 1.64. The predicted octanol–water partition coefficient (Wildman–Crippen LogP) is 1.40. The van der Waals surface area contributed by atoms with Gasteiger partial charge in [-0.25, -0.2) is 0 Å². The number of amides is 1. The number of pyridine rings is 1. The van der Waals surface area contributed by atoms with E-state index in [0.717, 1.165) is 5.69 Å². The van der Waals surface area contributed by atoms with Gasteiger partial charge in [0.05, 0.1) is 0 Å². The molecule has 5 nitrogen and oxygen atoms in total. The summed E-state index contributed by atoms with van der Waals surface area (Å²) in [4.78, 5) is 15.8. The van der Waals surface area contributed by atoms with Gasteiger partial charge in [0.2, 0.25) is 0 Å². The average molecular weight is 271 g/mol. The molecule has 0 bridgehead atoms. The maximum absolute atomic E-state index is 11.6. The molecule has 2 aromatic rings. The number of anilines is 1. The van der Waals surface area contributed by atoms with Gasteiger partial charge in [-0.3, -0.25) is 9.78 Å². The monoisotopic (exact) mass is 271 g/mol. The molecule has 0 aliphatic heterocycles. The van der Waals surface area contributed by atoms with Crippen molar-refractivity contribution in [3.8, 4) is 5.75 Å². The molecule has 0 spiro atoms. The summed E-state index contributed by atoms with van der Waals surface area (Å²) in [5.74, 6) is 0.469. The predicted molar refractivity (Wildman–Crippen MR) is 77.3 cm³/mol. The lowest BCUT2D eigenvalue weighted by Gasteiger charge is -2.07. The van der Waals surface area contributed by atoms with Gasteiger partial charge >= 0.3 is 0 Å². The van der Waals surface area contributed by atoms with Crippen LogP contribution in [0.2, 0.25) is 0 Å². The van der Waals surface area contributed by atoms with Crippen molar-refractivity contribution in [1.29, 1.82) is 0 Å². The normalized spacial score (nSPS) is 10.0. The number of aromatic nitrogens is 1. The molecule has 0 saturated carbocycles. The zero-order chi connectivity index (χ0) is 14.2. The summed E-state index contributed by atoms with van der Waals surface area (Å²) < 4.78 is 5.34. The number of nitrogens with two attached hydrogens (primary N) is 1. The van der Waals surface area contributed by atoms with E-state index in [0.29, 0.717) is 24.4 Å². The van der Waals surface area contributed by atoms with Crippen LogP contribution in [-0.4, -0.2) is 24.0 Å². The number of carbonyl (C=O) groups is 1. The molecule has 0 atom stereocenters. The summed E-state index contributed by atoms with van der Waals surface area (Å²) in [6, 6.07) is 12.6. The lowest BCUT2D eigenvalue weighted by atomic mass is 10.3. The Bertz CT molecular complexity index is 541. The van der Waals surface area contributed by atoms with Crippen molar-refractivity contribution in [2.75, 3.05) is 18.9 Å². The largest absolute Gasteiger partial charge is 0.484 e. The number of rotatable bonds is 6. The quantitative estimate of drug-likeness (QED) is 0.779. The fraction of sp³-hybridized carbons (Fsp3) is 0.200. The van der Waals surface area contributed by atoms with Crippen molar-refractivity contribution >= 4 is 11.6 Å². The highest BCUT2D eigenvalue weighted by Gasteiger charge is 2.02. The molecular weight excluding hydrogens is 254 g/mol. The molecule has 104 valence electrons. The molecule has 5 heteroatoms. The standard InChI is InChI=1S/C15H17N3O2/c16-12-4-6-14(7-5-12)20-11-15(19)18-10-8-13-3-1-2-9-17-13/h1-7,9H,8,10-11,16H2,(H,18,19). The van der Waals surface area contributed by atoms with Crippen LogP contribution in [0, 0.1) is 0 Å². The van der Waals surface area contributed by atoms with Gasteiger partial charge in [-0.05, 0) is 36.4 Å². The van der Waals surface area contributed by atoms with Crippen LogP contribution >= 0.6 is 0 Å². The molecular formula is C15H17N3O2. The van der Waals surface area contributed by atoms with E-state index in [-0.39, 0.29) is 12.5 Å². The van der Waals surface area contributed by atoms with Crippen molar-refractivity contribution in [1.82, 2.24) is 10.3 Å².